The molecular formula is C15H9Cl2N3O2. The van der Waals surface area contributed by atoms with E-state index in [1.807, 2.05) is 6.07 Å². The molecule has 2 N–H and O–H groups in total. The highest BCUT2D eigenvalue weighted by Crippen LogP contribution is 2.20. The summed E-state index contributed by atoms with van der Waals surface area (Å²) >= 11 is 11.8. The molecule has 0 aliphatic rings. The summed E-state index contributed by atoms with van der Waals surface area (Å²) < 4.78 is 0. The number of nitrogens with two attached hydrogens (primary N) is 1. The van der Waals surface area contributed by atoms with Crippen molar-refractivity contribution in [1.29, 1.82) is 5.26 Å². The lowest BCUT2D eigenvalue weighted by atomic mass is 10.1. The van der Waals surface area contributed by atoms with Crippen molar-refractivity contribution in [3.8, 4) is 6.07 Å². The highest BCUT2D eigenvalue weighted by atomic mass is 35.5. The molecule has 0 aliphatic carbocycles. The number of halogens is 2. The molecule has 7 heteroatoms. The fraction of sp³-hybridized carbons (Fsp3) is 0. The third kappa shape index (κ3) is 3.76. The van der Waals surface area contributed by atoms with Crippen LogP contribution in [0.2, 0.25) is 10.0 Å². The van der Waals surface area contributed by atoms with E-state index in [1.165, 1.54) is 18.2 Å². The van der Waals surface area contributed by atoms with Gasteiger partial charge in [0, 0.05) is 10.6 Å². The number of carbonyl (C=O) groups is 1. The van der Waals surface area contributed by atoms with E-state index in [0.29, 0.717) is 16.1 Å². The van der Waals surface area contributed by atoms with Crippen LogP contribution in [0.25, 0.3) is 0 Å². The Balaban J connectivity index is 2.16. The first-order chi connectivity index (χ1) is 10.5. The minimum atomic E-state index is -0.731. The summed E-state index contributed by atoms with van der Waals surface area (Å²) in [6.45, 7) is 0. The molecule has 0 radical (unpaired) electrons. The zero-order chi connectivity index (χ0) is 16.1. The Morgan fingerprint density at radius 2 is 2.00 bits per heavy atom. The Kier molecular flexibility index (Phi) is 4.99. The van der Waals surface area contributed by atoms with Crippen molar-refractivity contribution in [1.82, 2.24) is 0 Å². The Morgan fingerprint density at radius 1 is 1.23 bits per heavy atom. The van der Waals surface area contributed by atoms with Crippen LogP contribution in [-0.4, -0.2) is 11.8 Å². The van der Waals surface area contributed by atoms with Gasteiger partial charge in [0.05, 0.1) is 22.2 Å². The summed E-state index contributed by atoms with van der Waals surface area (Å²) in [5, 5.41) is 13.1. The first-order valence-corrected chi connectivity index (χ1v) is 6.77. The second-order valence-electron chi connectivity index (χ2n) is 4.17. The first kappa shape index (κ1) is 15.8. The normalized spacial score (nSPS) is 10.9. The van der Waals surface area contributed by atoms with Gasteiger partial charge in [-0.15, -0.1) is 0 Å². The number of rotatable bonds is 3. The van der Waals surface area contributed by atoms with Gasteiger partial charge < -0.3 is 10.6 Å². The number of amidine groups is 1. The highest BCUT2D eigenvalue weighted by molar-refractivity contribution is 6.36. The lowest BCUT2D eigenvalue weighted by Crippen LogP contribution is -2.15. The Hall–Kier alpha value is -2.55. The summed E-state index contributed by atoms with van der Waals surface area (Å²) in [5.41, 5.74) is 6.65. The predicted molar refractivity (Wildman–Crippen MR) is 83.8 cm³/mol. The van der Waals surface area contributed by atoms with Crippen molar-refractivity contribution in [2.75, 3.05) is 0 Å². The van der Waals surface area contributed by atoms with E-state index in [1.54, 1.807) is 24.3 Å². The first-order valence-electron chi connectivity index (χ1n) is 6.01. The van der Waals surface area contributed by atoms with Crippen molar-refractivity contribution in [3.63, 3.8) is 0 Å². The Labute approximate surface area is 136 Å². The van der Waals surface area contributed by atoms with Crippen LogP contribution in [0.1, 0.15) is 21.5 Å². The van der Waals surface area contributed by atoms with Gasteiger partial charge in [-0.25, -0.2) is 4.79 Å². The smallest absolute Gasteiger partial charge is 0.365 e. The Bertz CT molecular complexity index is 798. The van der Waals surface area contributed by atoms with E-state index in [0.717, 1.165) is 0 Å². The molecular weight excluding hydrogens is 325 g/mol. The molecule has 0 aliphatic heterocycles. The second-order valence-corrected chi connectivity index (χ2v) is 5.02. The van der Waals surface area contributed by atoms with Crippen molar-refractivity contribution in [2.24, 2.45) is 10.9 Å². The van der Waals surface area contributed by atoms with E-state index in [2.05, 4.69) is 5.16 Å². The zero-order valence-corrected chi connectivity index (χ0v) is 12.6. The third-order valence-electron chi connectivity index (χ3n) is 2.66. The van der Waals surface area contributed by atoms with Crippen molar-refractivity contribution < 1.29 is 9.63 Å². The summed E-state index contributed by atoms with van der Waals surface area (Å²) in [7, 11) is 0. The number of oxime groups is 1. The molecule has 0 bridgehead atoms. The van der Waals surface area contributed by atoms with E-state index in [9.17, 15) is 4.79 Å². The lowest BCUT2D eigenvalue weighted by molar-refractivity contribution is 0.0516. The topological polar surface area (TPSA) is 88.5 Å². The molecule has 0 fully saturated rings. The van der Waals surface area contributed by atoms with Crippen LogP contribution >= 0.6 is 23.2 Å². The van der Waals surface area contributed by atoms with Gasteiger partial charge in [-0.1, -0.05) is 34.4 Å². The van der Waals surface area contributed by atoms with Crippen molar-refractivity contribution in [3.05, 3.63) is 69.2 Å². The number of benzene rings is 2. The van der Waals surface area contributed by atoms with E-state index in [4.69, 9.17) is 39.0 Å². The van der Waals surface area contributed by atoms with Gasteiger partial charge >= 0.3 is 5.97 Å². The summed E-state index contributed by atoms with van der Waals surface area (Å²) in [4.78, 5) is 16.6. The average Bonchev–Trinajstić information content (AvgIpc) is 2.52. The zero-order valence-electron chi connectivity index (χ0n) is 11.1. The number of hydrogen-bond donors (Lipinski definition) is 1. The molecule has 110 valence electrons. The lowest BCUT2D eigenvalue weighted by Gasteiger charge is -2.04. The molecule has 0 amide bonds. The van der Waals surface area contributed by atoms with Crippen LogP contribution < -0.4 is 5.73 Å². The van der Waals surface area contributed by atoms with Gasteiger partial charge in [-0.2, -0.15) is 5.26 Å². The molecule has 5 nitrogen and oxygen atoms in total. The maximum atomic E-state index is 11.8. The van der Waals surface area contributed by atoms with Crippen LogP contribution in [0.3, 0.4) is 0 Å². The molecule has 2 aromatic carbocycles. The molecule has 0 aromatic heterocycles. The highest BCUT2D eigenvalue weighted by Gasteiger charge is 2.10. The number of hydrogen-bond acceptors (Lipinski definition) is 4. The van der Waals surface area contributed by atoms with Crippen molar-refractivity contribution >= 4 is 35.0 Å². The standard InChI is InChI=1S/C15H9Cl2N3O2/c16-11-4-5-12(13(17)7-11)14(19)20-22-15(21)10-3-1-2-9(6-10)8-18/h1-7H,(H2,19,20). The Morgan fingerprint density at radius 3 is 2.68 bits per heavy atom. The third-order valence-corrected chi connectivity index (χ3v) is 3.21. The molecule has 2 rings (SSSR count). The number of nitrogens with zero attached hydrogens (tertiary/aromatic N) is 2. The summed E-state index contributed by atoms with van der Waals surface area (Å²) in [5.74, 6) is -0.795. The van der Waals surface area contributed by atoms with E-state index in [-0.39, 0.29) is 16.4 Å². The largest absolute Gasteiger partial charge is 0.380 e. The molecule has 0 unspecified atom stereocenters. The molecule has 0 saturated carbocycles. The van der Waals surface area contributed by atoms with Crippen LogP contribution in [0.15, 0.2) is 47.6 Å². The predicted octanol–water partition coefficient (Wildman–Crippen LogP) is 3.34. The minimum Gasteiger partial charge on any atom is -0.380 e. The minimum absolute atomic E-state index is 0.0635. The molecule has 2 aromatic rings. The van der Waals surface area contributed by atoms with Crippen LogP contribution in [-0.2, 0) is 4.84 Å². The maximum absolute atomic E-state index is 11.8. The number of carbonyl (C=O) groups excluding carboxylic acids is 1. The van der Waals surface area contributed by atoms with Gasteiger partial charge in [-0.05, 0) is 36.4 Å². The molecule has 22 heavy (non-hydrogen) atoms. The monoisotopic (exact) mass is 333 g/mol. The molecule has 0 spiro atoms. The van der Waals surface area contributed by atoms with E-state index < -0.39 is 5.97 Å². The van der Waals surface area contributed by atoms with Crippen LogP contribution in [0.5, 0.6) is 0 Å². The van der Waals surface area contributed by atoms with Gasteiger partial charge in [0.1, 0.15) is 0 Å². The molecule has 0 heterocycles. The molecule has 0 atom stereocenters. The van der Waals surface area contributed by atoms with Gasteiger partial charge in [0.25, 0.3) is 0 Å². The maximum Gasteiger partial charge on any atom is 0.365 e. The fourth-order valence-electron chi connectivity index (χ4n) is 1.61. The van der Waals surface area contributed by atoms with Gasteiger partial charge in [0.15, 0.2) is 5.84 Å². The average molecular weight is 334 g/mol. The van der Waals surface area contributed by atoms with Gasteiger partial charge in [0.2, 0.25) is 0 Å². The van der Waals surface area contributed by atoms with Gasteiger partial charge in [-0.3, -0.25) is 0 Å². The van der Waals surface area contributed by atoms with E-state index >= 15 is 0 Å². The van der Waals surface area contributed by atoms with Crippen molar-refractivity contribution in [2.45, 2.75) is 0 Å². The summed E-state index contributed by atoms with van der Waals surface area (Å²) in [6, 6.07) is 12.6. The quantitative estimate of drug-likeness (QED) is 0.403. The SMILES string of the molecule is N#Cc1cccc(C(=O)O/N=C(\N)c2ccc(Cl)cc2Cl)c1. The van der Waals surface area contributed by atoms with Crippen LogP contribution in [0.4, 0.5) is 0 Å². The fourth-order valence-corrected chi connectivity index (χ4v) is 2.11. The second kappa shape index (κ2) is 6.94. The summed E-state index contributed by atoms with van der Waals surface area (Å²) in [6.07, 6.45) is 0. The number of nitriles is 1. The van der Waals surface area contributed by atoms with Crippen LogP contribution in [0, 0.1) is 11.3 Å². The molecule has 0 saturated heterocycles.